The Bertz CT molecular complexity index is 510. The number of sulfonamides is 1. The molecular formula is C13H26N4O2S. The summed E-state index contributed by atoms with van der Waals surface area (Å²) >= 11 is 0. The van der Waals surface area contributed by atoms with Gasteiger partial charge >= 0.3 is 0 Å². The van der Waals surface area contributed by atoms with E-state index in [-0.39, 0.29) is 11.4 Å². The van der Waals surface area contributed by atoms with Crippen molar-refractivity contribution in [2.24, 2.45) is 11.7 Å². The molecule has 0 radical (unpaired) electrons. The highest BCUT2D eigenvalue weighted by Crippen LogP contribution is 2.18. The molecule has 0 aliphatic carbocycles. The number of rotatable bonds is 9. The second-order valence-corrected chi connectivity index (χ2v) is 6.80. The lowest BCUT2D eigenvalue weighted by Gasteiger charge is -2.15. The zero-order chi connectivity index (χ0) is 15.2. The Kier molecular flexibility index (Phi) is 6.64. The molecule has 1 aromatic rings. The average Bonchev–Trinajstić information content (AvgIpc) is 2.81. The van der Waals surface area contributed by atoms with Gasteiger partial charge in [0, 0.05) is 13.1 Å². The Balaban J connectivity index is 2.77. The highest BCUT2D eigenvalue weighted by atomic mass is 32.2. The van der Waals surface area contributed by atoms with Crippen molar-refractivity contribution >= 4 is 10.0 Å². The topological polar surface area (TPSA) is 101 Å². The fourth-order valence-electron chi connectivity index (χ4n) is 2.21. The van der Waals surface area contributed by atoms with Gasteiger partial charge in [-0.15, -0.1) is 0 Å². The van der Waals surface area contributed by atoms with Crippen LogP contribution in [0.1, 0.15) is 50.9 Å². The maximum atomic E-state index is 12.4. The van der Waals surface area contributed by atoms with E-state index in [1.165, 1.54) is 0 Å². The number of unbranched alkanes of at least 4 members (excludes halogenated alkanes) is 1. The molecule has 1 rings (SSSR count). The first-order valence-electron chi connectivity index (χ1n) is 7.19. The van der Waals surface area contributed by atoms with Crippen LogP contribution in [0, 0.1) is 12.8 Å². The number of H-pyrrole nitrogens is 1. The van der Waals surface area contributed by atoms with Crippen molar-refractivity contribution in [1.29, 1.82) is 0 Å². The predicted molar refractivity (Wildman–Crippen MR) is 79.7 cm³/mol. The third kappa shape index (κ3) is 4.29. The van der Waals surface area contributed by atoms with Crippen molar-refractivity contribution in [3.63, 3.8) is 0 Å². The van der Waals surface area contributed by atoms with Gasteiger partial charge in [-0.2, -0.15) is 5.10 Å². The minimum atomic E-state index is -3.54. The summed E-state index contributed by atoms with van der Waals surface area (Å²) in [6.45, 7) is 6.48. The largest absolute Gasteiger partial charge is 0.325 e. The summed E-state index contributed by atoms with van der Waals surface area (Å²) in [7, 11) is -3.54. The second-order valence-electron chi connectivity index (χ2n) is 5.10. The van der Waals surface area contributed by atoms with E-state index < -0.39 is 10.0 Å². The van der Waals surface area contributed by atoms with Gasteiger partial charge in [0.15, 0.2) is 0 Å². The summed E-state index contributed by atoms with van der Waals surface area (Å²) in [5.74, 6) is 0.373. The third-order valence-electron chi connectivity index (χ3n) is 3.53. The maximum Gasteiger partial charge on any atom is 0.244 e. The van der Waals surface area contributed by atoms with Crippen LogP contribution in [0.4, 0.5) is 0 Å². The third-order valence-corrected chi connectivity index (χ3v) is 5.15. The summed E-state index contributed by atoms with van der Waals surface area (Å²) in [6.07, 6.45) is 4.26. The monoisotopic (exact) mass is 302 g/mol. The maximum absolute atomic E-state index is 12.4. The molecule has 20 heavy (non-hydrogen) atoms. The summed E-state index contributed by atoms with van der Waals surface area (Å²) < 4.78 is 27.4. The molecular weight excluding hydrogens is 276 g/mol. The van der Waals surface area contributed by atoms with Crippen molar-refractivity contribution in [1.82, 2.24) is 14.9 Å². The molecule has 1 atom stereocenters. The van der Waals surface area contributed by atoms with E-state index in [1.54, 1.807) is 6.92 Å². The minimum Gasteiger partial charge on any atom is -0.325 e. The van der Waals surface area contributed by atoms with E-state index in [9.17, 15) is 8.42 Å². The number of aryl methyl sites for hydroxylation is 1. The van der Waals surface area contributed by atoms with Gasteiger partial charge in [0.2, 0.25) is 10.0 Å². The summed E-state index contributed by atoms with van der Waals surface area (Å²) in [6, 6.07) is 0. The first kappa shape index (κ1) is 17.1. The van der Waals surface area contributed by atoms with Crippen LogP contribution in [0.3, 0.4) is 0 Å². The minimum absolute atomic E-state index is 0.105. The van der Waals surface area contributed by atoms with Crippen LogP contribution in [0.25, 0.3) is 0 Å². The van der Waals surface area contributed by atoms with Gasteiger partial charge in [-0.05, 0) is 19.3 Å². The smallest absolute Gasteiger partial charge is 0.244 e. The number of hydrogen-bond donors (Lipinski definition) is 3. The van der Waals surface area contributed by atoms with Gasteiger partial charge in [-0.1, -0.05) is 33.1 Å². The average molecular weight is 302 g/mol. The van der Waals surface area contributed by atoms with Crippen LogP contribution < -0.4 is 10.5 Å². The van der Waals surface area contributed by atoms with Crippen LogP contribution in [0.15, 0.2) is 4.90 Å². The van der Waals surface area contributed by atoms with Gasteiger partial charge < -0.3 is 5.73 Å². The molecule has 4 N–H and O–H groups in total. The van der Waals surface area contributed by atoms with Crippen LogP contribution >= 0.6 is 0 Å². The quantitative estimate of drug-likeness (QED) is 0.646. The van der Waals surface area contributed by atoms with Crippen molar-refractivity contribution in [2.45, 2.75) is 57.9 Å². The van der Waals surface area contributed by atoms with Gasteiger partial charge in [0.1, 0.15) is 4.90 Å². The lowest BCUT2D eigenvalue weighted by Crippen LogP contribution is -2.30. The molecule has 0 aromatic carbocycles. The number of nitrogens with two attached hydrogens (primary N) is 1. The molecule has 1 unspecified atom stereocenters. The Labute approximate surface area is 121 Å². The zero-order valence-electron chi connectivity index (χ0n) is 12.6. The Morgan fingerprint density at radius 3 is 2.65 bits per heavy atom. The predicted octanol–water partition coefficient (Wildman–Crippen LogP) is 1.67. The highest BCUT2D eigenvalue weighted by molar-refractivity contribution is 7.89. The second kappa shape index (κ2) is 7.75. The standard InChI is InChI=1S/C13H26N4O2S/c1-4-6-7-11(5-2)9-15-20(18,19)13-10(3)16-17-12(13)8-14/h11,15H,4-9,14H2,1-3H3,(H,16,17). The van der Waals surface area contributed by atoms with Crippen LogP contribution in [-0.4, -0.2) is 25.2 Å². The van der Waals surface area contributed by atoms with Crippen molar-refractivity contribution in [3.05, 3.63) is 11.4 Å². The SMILES string of the molecule is CCCCC(CC)CNS(=O)(=O)c1c(CN)n[nH]c1C. The molecule has 0 aliphatic rings. The van der Waals surface area contributed by atoms with Crippen molar-refractivity contribution in [3.8, 4) is 0 Å². The zero-order valence-corrected chi connectivity index (χ0v) is 13.4. The van der Waals surface area contributed by atoms with Gasteiger partial charge in [0.25, 0.3) is 0 Å². The Morgan fingerprint density at radius 2 is 2.10 bits per heavy atom. The molecule has 7 heteroatoms. The highest BCUT2D eigenvalue weighted by Gasteiger charge is 2.24. The van der Waals surface area contributed by atoms with Crippen LogP contribution in [0.2, 0.25) is 0 Å². The summed E-state index contributed by atoms with van der Waals surface area (Å²) in [5, 5.41) is 6.61. The van der Waals surface area contributed by atoms with Crippen molar-refractivity contribution < 1.29 is 8.42 Å². The number of nitrogens with one attached hydrogen (secondary N) is 2. The molecule has 1 aromatic heterocycles. The van der Waals surface area contributed by atoms with E-state index in [4.69, 9.17) is 5.73 Å². The van der Waals surface area contributed by atoms with Crippen LogP contribution in [-0.2, 0) is 16.6 Å². The molecule has 0 spiro atoms. The van der Waals surface area contributed by atoms with Crippen molar-refractivity contribution in [2.75, 3.05) is 6.54 Å². The molecule has 0 fully saturated rings. The fraction of sp³-hybridized carbons (Fsp3) is 0.769. The molecule has 0 amide bonds. The number of hydrogen-bond acceptors (Lipinski definition) is 4. The number of aromatic nitrogens is 2. The Hall–Kier alpha value is -0.920. The molecule has 0 aliphatic heterocycles. The number of nitrogens with zero attached hydrogens (tertiary/aromatic N) is 1. The fourth-order valence-corrected chi connectivity index (χ4v) is 3.69. The normalized spacial score (nSPS) is 13.6. The van der Waals surface area contributed by atoms with Crippen LogP contribution in [0.5, 0.6) is 0 Å². The molecule has 0 bridgehead atoms. The van der Waals surface area contributed by atoms with Gasteiger partial charge in [-0.25, -0.2) is 13.1 Å². The van der Waals surface area contributed by atoms with E-state index in [0.29, 0.717) is 23.9 Å². The Morgan fingerprint density at radius 1 is 1.40 bits per heavy atom. The molecule has 1 heterocycles. The van der Waals surface area contributed by atoms with E-state index >= 15 is 0 Å². The molecule has 0 saturated heterocycles. The van der Waals surface area contributed by atoms with E-state index in [1.807, 2.05) is 0 Å². The lowest BCUT2D eigenvalue weighted by atomic mass is 10.00. The summed E-state index contributed by atoms with van der Waals surface area (Å²) in [5.41, 5.74) is 6.45. The first-order chi connectivity index (χ1) is 9.46. The first-order valence-corrected chi connectivity index (χ1v) is 8.68. The molecule has 116 valence electrons. The molecule has 6 nitrogen and oxygen atoms in total. The summed E-state index contributed by atoms with van der Waals surface area (Å²) in [4.78, 5) is 0.199. The lowest BCUT2D eigenvalue weighted by molar-refractivity contribution is 0.443. The van der Waals surface area contributed by atoms with E-state index in [0.717, 1.165) is 25.7 Å². The number of aromatic amines is 1. The van der Waals surface area contributed by atoms with Gasteiger partial charge in [-0.3, -0.25) is 5.10 Å². The van der Waals surface area contributed by atoms with Gasteiger partial charge in [0.05, 0.1) is 11.4 Å². The van der Waals surface area contributed by atoms with E-state index in [2.05, 4.69) is 28.8 Å². The molecule has 0 saturated carbocycles.